The molecule has 8 heteroatoms. The minimum Gasteiger partial charge on any atom is -0.375 e. The first-order valence-corrected chi connectivity index (χ1v) is 6.68. The van der Waals surface area contributed by atoms with Crippen molar-refractivity contribution in [1.29, 1.82) is 0 Å². The Kier molecular flexibility index (Phi) is 4.24. The van der Waals surface area contributed by atoms with Gasteiger partial charge in [-0.1, -0.05) is 40.6 Å². The molecule has 19 heavy (non-hydrogen) atoms. The van der Waals surface area contributed by atoms with E-state index >= 15 is 0 Å². The second-order valence-electron chi connectivity index (χ2n) is 3.59. The van der Waals surface area contributed by atoms with E-state index in [9.17, 15) is 9.18 Å². The standard InChI is InChI=1S/C11H8Cl2FN3OS/c12-7-3-6(14)2-1-5(7)4-16-10(18)8-9(13)17-11(15)19-8/h1-3H,4H2,(H2,15,17)(H,16,18). The van der Waals surface area contributed by atoms with Gasteiger partial charge in [-0.2, -0.15) is 0 Å². The Bertz CT molecular complexity index is 632. The van der Waals surface area contributed by atoms with Crippen molar-refractivity contribution in [3.05, 3.63) is 44.6 Å². The number of nitrogen functional groups attached to an aromatic ring is 1. The van der Waals surface area contributed by atoms with Gasteiger partial charge >= 0.3 is 0 Å². The van der Waals surface area contributed by atoms with Crippen molar-refractivity contribution in [2.24, 2.45) is 0 Å². The lowest BCUT2D eigenvalue weighted by atomic mass is 10.2. The number of anilines is 1. The molecule has 0 atom stereocenters. The molecule has 0 aliphatic rings. The Morgan fingerprint density at radius 2 is 2.21 bits per heavy atom. The predicted molar refractivity (Wildman–Crippen MR) is 74.1 cm³/mol. The van der Waals surface area contributed by atoms with Gasteiger partial charge in [0, 0.05) is 11.6 Å². The van der Waals surface area contributed by atoms with Gasteiger partial charge in [0.15, 0.2) is 10.3 Å². The van der Waals surface area contributed by atoms with Gasteiger partial charge < -0.3 is 11.1 Å². The van der Waals surface area contributed by atoms with Gasteiger partial charge in [-0.25, -0.2) is 9.37 Å². The van der Waals surface area contributed by atoms with Crippen LogP contribution in [0.4, 0.5) is 9.52 Å². The fourth-order valence-corrected chi connectivity index (χ4v) is 2.60. The molecule has 100 valence electrons. The second-order valence-corrected chi connectivity index (χ2v) is 5.39. The number of nitrogens with two attached hydrogens (primary N) is 1. The van der Waals surface area contributed by atoms with Gasteiger partial charge in [-0.05, 0) is 17.7 Å². The van der Waals surface area contributed by atoms with Gasteiger partial charge in [0.05, 0.1) is 0 Å². The summed E-state index contributed by atoms with van der Waals surface area (Å²) in [7, 11) is 0. The Morgan fingerprint density at radius 3 is 2.79 bits per heavy atom. The number of nitrogens with zero attached hydrogens (tertiary/aromatic N) is 1. The number of carbonyl (C=O) groups excluding carboxylic acids is 1. The molecule has 1 amide bonds. The number of hydrogen-bond acceptors (Lipinski definition) is 4. The zero-order valence-corrected chi connectivity index (χ0v) is 11.7. The first-order chi connectivity index (χ1) is 8.97. The largest absolute Gasteiger partial charge is 0.375 e. The third kappa shape index (κ3) is 3.34. The molecule has 2 aromatic rings. The van der Waals surface area contributed by atoms with Crippen LogP contribution in [-0.2, 0) is 6.54 Å². The highest BCUT2D eigenvalue weighted by atomic mass is 35.5. The molecule has 0 unspecified atom stereocenters. The molecule has 0 radical (unpaired) electrons. The maximum atomic E-state index is 12.9. The zero-order chi connectivity index (χ0) is 14.0. The number of nitrogens with one attached hydrogen (secondary N) is 1. The highest BCUT2D eigenvalue weighted by Crippen LogP contribution is 2.24. The van der Waals surface area contributed by atoms with Crippen LogP contribution in [0.15, 0.2) is 18.2 Å². The summed E-state index contributed by atoms with van der Waals surface area (Å²) in [4.78, 5) is 15.8. The summed E-state index contributed by atoms with van der Waals surface area (Å²) in [5, 5.41) is 3.14. The van der Waals surface area contributed by atoms with E-state index in [2.05, 4.69) is 10.3 Å². The van der Waals surface area contributed by atoms with Gasteiger partial charge in [0.25, 0.3) is 5.91 Å². The van der Waals surface area contributed by atoms with Crippen LogP contribution in [0.25, 0.3) is 0 Å². The monoisotopic (exact) mass is 319 g/mol. The summed E-state index contributed by atoms with van der Waals surface area (Å²) in [5.74, 6) is -0.835. The number of carbonyl (C=O) groups is 1. The summed E-state index contributed by atoms with van der Waals surface area (Å²) in [6, 6.07) is 3.95. The smallest absolute Gasteiger partial charge is 0.264 e. The van der Waals surface area contributed by atoms with Crippen molar-refractivity contribution >= 4 is 45.6 Å². The third-order valence-electron chi connectivity index (χ3n) is 2.26. The van der Waals surface area contributed by atoms with E-state index in [0.29, 0.717) is 5.56 Å². The molecule has 4 nitrogen and oxygen atoms in total. The van der Waals surface area contributed by atoms with E-state index in [1.807, 2.05) is 0 Å². The van der Waals surface area contributed by atoms with Gasteiger partial charge in [-0.15, -0.1) is 0 Å². The molecule has 0 fully saturated rings. The fourth-order valence-electron chi connectivity index (χ4n) is 1.38. The van der Waals surface area contributed by atoms with E-state index in [-0.39, 0.29) is 26.7 Å². The number of halogens is 3. The van der Waals surface area contributed by atoms with Crippen LogP contribution in [-0.4, -0.2) is 10.9 Å². The summed E-state index contributed by atoms with van der Waals surface area (Å²) in [6.07, 6.45) is 0. The van der Waals surface area contributed by atoms with Crippen molar-refractivity contribution in [3.63, 3.8) is 0 Å². The van der Waals surface area contributed by atoms with Crippen LogP contribution in [0.5, 0.6) is 0 Å². The Morgan fingerprint density at radius 1 is 1.47 bits per heavy atom. The van der Waals surface area contributed by atoms with Gasteiger partial charge in [0.2, 0.25) is 0 Å². The number of amides is 1. The molecular formula is C11H8Cl2FN3OS. The molecule has 3 N–H and O–H groups in total. The van der Waals surface area contributed by atoms with E-state index in [1.165, 1.54) is 18.2 Å². The van der Waals surface area contributed by atoms with Crippen LogP contribution >= 0.6 is 34.5 Å². The highest BCUT2D eigenvalue weighted by molar-refractivity contribution is 7.17. The van der Waals surface area contributed by atoms with E-state index in [0.717, 1.165) is 11.3 Å². The first kappa shape index (κ1) is 14.0. The summed E-state index contributed by atoms with van der Waals surface area (Å²) >= 11 is 12.6. The molecule has 0 spiro atoms. The van der Waals surface area contributed by atoms with E-state index < -0.39 is 11.7 Å². The van der Waals surface area contributed by atoms with Crippen LogP contribution in [0.2, 0.25) is 10.2 Å². The number of thiazole rings is 1. The molecule has 0 aliphatic carbocycles. The van der Waals surface area contributed by atoms with E-state index in [4.69, 9.17) is 28.9 Å². The third-order valence-corrected chi connectivity index (χ3v) is 3.88. The van der Waals surface area contributed by atoms with Crippen molar-refractivity contribution in [2.45, 2.75) is 6.54 Å². The quantitative estimate of drug-likeness (QED) is 0.913. The second kappa shape index (κ2) is 5.73. The lowest BCUT2D eigenvalue weighted by Crippen LogP contribution is -2.22. The molecule has 1 aromatic heterocycles. The van der Waals surface area contributed by atoms with Crippen molar-refractivity contribution in [1.82, 2.24) is 10.3 Å². The Labute approximate surface area is 122 Å². The summed E-state index contributed by atoms with van der Waals surface area (Å²) in [5.41, 5.74) is 6.05. The highest BCUT2D eigenvalue weighted by Gasteiger charge is 2.15. The lowest BCUT2D eigenvalue weighted by molar-refractivity contribution is 0.0955. The van der Waals surface area contributed by atoms with Crippen molar-refractivity contribution in [2.75, 3.05) is 5.73 Å². The fraction of sp³-hybridized carbons (Fsp3) is 0.0909. The van der Waals surface area contributed by atoms with Crippen molar-refractivity contribution in [3.8, 4) is 0 Å². The summed E-state index contributed by atoms with van der Waals surface area (Å²) in [6.45, 7) is 0.159. The van der Waals surface area contributed by atoms with Crippen LogP contribution < -0.4 is 11.1 Å². The number of aromatic nitrogens is 1. The number of benzene rings is 1. The topological polar surface area (TPSA) is 68.0 Å². The van der Waals surface area contributed by atoms with Crippen LogP contribution in [0.3, 0.4) is 0 Å². The summed E-state index contributed by atoms with van der Waals surface area (Å²) < 4.78 is 12.9. The number of rotatable bonds is 3. The average Bonchev–Trinajstić information content (AvgIpc) is 2.67. The molecule has 0 bridgehead atoms. The predicted octanol–water partition coefficient (Wildman–Crippen LogP) is 3.10. The molecule has 0 saturated heterocycles. The van der Waals surface area contributed by atoms with Crippen molar-refractivity contribution < 1.29 is 9.18 Å². The maximum Gasteiger partial charge on any atom is 0.264 e. The Hall–Kier alpha value is -1.37. The lowest BCUT2D eigenvalue weighted by Gasteiger charge is -2.06. The van der Waals surface area contributed by atoms with E-state index in [1.54, 1.807) is 0 Å². The SMILES string of the molecule is Nc1nc(Cl)c(C(=O)NCc2ccc(F)cc2Cl)s1. The first-order valence-electron chi connectivity index (χ1n) is 5.11. The van der Waals surface area contributed by atoms with Gasteiger partial charge in [0.1, 0.15) is 10.7 Å². The normalized spacial score (nSPS) is 10.5. The molecule has 0 saturated carbocycles. The van der Waals surface area contributed by atoms with Crippen LogP contribution in [0, 0.1) is 5.82 Å². The molecular weight excluding hydrogens is 312 g/mol. The Balaban J connectivity index is 2.06. The maximum absolute atomic E-state index is 12.9. The molecule has 1 aromatic carbocycles. The molecule has 2 rings (SSSR count). The van der Waals surface area contributed by atoms with Crippen LogP contribution in [0.1, 0.15) is 15.2 Å². The minimum atomic E-state index is -0.432. The minimum absolute atomic E-state index is 0.0604. The van der Waals surface area contributed by atoms with Gasteiger partial charge in [-0.3, -0.25) is 4.79 Å². The average molecular weight is 320 g/mol. The number of hydrogen-bond donors (Lipinski definition) is 2. The zero-order valence-electron chi connectivity index (χ0n) is 9.41. The molecule has 1 heterocycles. The molecule has 0 aliphatic heterocycles.